The van der Waals surface area contributed by atoms with Crippen LogP contribution in [0.1, 0.15) is 316 Å². The van der Waals surface area contributed by atoms with Crippen LogP contribution in [0.4, 0.5) is 0 Å². The summed E-state index contributed by atoms with van der Waals surface area (Å²) in [5.41, 5.74) is 0. The minimum absolute atomic E-state index is 0.0951. The van der Waals surface area contributed by atoms with Crippen LogP contribution in [0, 0.1) is 0 Å². The standard InChI is InChI=1S/C77H128O6/c1-4-7-10-13-16-19-22-25-28-31-34-36-37-38-39-41-43-46-49-52-55-58-61-64-67-70-76(79)82-73-74(72-81-75(78)69-66-63-60-57-54-51-48-45-42-33-30-27-24-21-18-15-12-9-6-3)83-77(80)71-68-65-62-59-56-53-50-47-44-40-35-32-29-26-23-20-17-14-11-8-5-2/h8-9,11-12,17-18,20-22,25-27,29-31,34-35,40,42,45,51,54,74H,4-7,10,13-16,19,23-24,28,32-33,36-39,41,43-44,46-50,52-53,55-73H2,1-3H3/b11-8-,12-9-,20-17-,21-18-,25-22-,29-26-,30-27-,34-31-,40-35-,45-42-,54-51-. The van der Waals surface area contributed by atoms with Crippen LogP contribution in [0.2, 0.25) is 0 Å². The summed E-state index contributed by atoms with van der Waals surface area (Å²) in [5.74, 6) is -0.930. The quantitative estimate of drug-likeness (QED) is 0.0261. The fraction of sp³-hybridized carbons (Fsp3) is 0.675. The molecule has 6 heteroatoms. The van der Waals surface area contributed by atoms with Crippen molar-refractivity contribution in [1.29, 1.82) is 0 Å². The first-order valence-electron chi connectivity index (χ1n) is 34.7. The predicted octanol–water partition coefficient (Wildman–Crippen LogP) is 24.1. The lowest BCUT2D eigenvalue weighted by molar-refractivity contribution is -0.167. The fourth-order valence-electron chi connectivity index (χ4n) is 9.49. The molecule has 83 heavy (non-hydrogen) atoms. The van der Waals surface area contributed by atoms with Gasteiger partial charge in [-0.05, 0) is 135 Å². The number of hydrogen-bond donors (Lipinski definition) is 0. The summed E-state index contributed by atoms with van der Waals surface area (Å²) in [5, 5.41) is 0. The molecule has 1 unspecified atom stereocenters. The van der Waals surface area contributed by atoms with E-state index in [1.165, 1.54) is 141 Å². The highest BCUT2D eigenvalue weighted by Gasteiger charge is 2.19. The van der Waals surface area contributed by atoms with Crippen LogP contribution in [0.25, 0.3) is 0 Å². The van der Waals surface area contributed by atoms with Crippen LogP contribution in [0.5, 0.6) is 0 Å². The molecule has 0 N–H and O–H groups in total. The zero-order valence-corrected chi connectivity index (χ0v) is 54.2. The molecule has 1 atom stereocenters. The van der Waals surface area contributed by atoms with Gasteiger partial charge in [0.25, 0.3) is 0 Å². The smallest absolute Gasteiger partial charge is 0.306 e. The van der Waals surface area contributed by atoms with Crippen LogP contribution in [0.3, 0.4) is 0 Å². The van der Waals surface area contributed by atoms with Crippen LogP contribution >= 0.6 is 0 Å². The van der Waals surface area contributed by atoms with Gasteiger partial charge < -0.3 is 14.2 Å². The normalized spacial score (nSPS) is 13.0. The Morgan fingerprint density at radius 1 is 0.253 bits per heavy atom. The van der Waals surface area contributed by atoms with Gasteiger partial charge in [0.1, 0.15) is 13.2 Å². The average Bonchev–Trinajstić information content (AvgIpc) is 3.49. The molecular formula is C77H128O6. The fourth-order valence-corrected chi connectivity index (χ4v) is 9.49. The SMILES string of the molecule is CC/C=C\C/C=C\C/C=C\C/C=C\C/C=C\CCCCCC(=O)OCC(COC(=O)CCCCCCCCCCCCCCC/C=C\C/C=C\CCCCCCC)OC(=O)CCCCCCCCCC/C=C\C/C=C\C/C=C\C/C=C\CC. The molecule has 0 spiro atoms. The number of ether oxygens (including phenoxy) is 3. The van der Waals surface area contributed by atoms with E-state index in [1.807, 2.05) is 0 Å². The first-order chi connectivity index (χ1) is 41.0. The lowest BCUT2D eigenvalue weighted by atomic mass is 10.0. The molecule has 6 nitrogen and oxygen atoms in total. The molecule has 0 aromatic heterocycles. The number of carbonyl (C=O) groups is 3. The molecule has 0 bridgehead atoms. The molecule has 0 aliphatic rings. The molecule has 0 amide bonds. The third-order valence-corrected chi connectivity index (χ3v) is 14.6. The number of unbranched alkanes of at least 4 members (excludes halogenated alkanes) is 29. The van der Waals surface area contributed by atoms with Gasteiger partial charge in [0.05, 0.1) is 0 Å². The molecular weight excluding hydrogens is 1020 g/mol. The Labute approximate surface area is 513 Å². The number of allylic oxidation sites excluding steroid dienone is 22. The van der Waals surface area contributed by atoms with Gasteiger partial charge in [0, 0.05) is 19.3 Å². The van der Waals surface area contributed by atoms with E-state index in [0.29, 0.717) is 19.3 Å². The predicted molar refractivity (Wildman–Crippen MR) is 362 cm³/mol. The van der Waals surface area contributed by atoms with E-state index in [4.69, 9.17) is 14.2 Å². The Bertz CT molecular complexity index is 1750. The van der Waals surface area contributed by atoms with Crippen molar-refractivity contribution in [2.75, 3.05) is 13.2 Å². The van der Waals surface area contributed by atoms with E-state index in [9.17, 15) is 14.4 Å². The maximum absolute atomic E-state index is 13.0. The van der Waals surface area contributed by atoms with Crippen LogP contribution in [0.15, 0.2) is 134 Å². The third kappa shape index (κ3) is 68.2. The van der Waals surface area contributed by atoms with Crippen molar-refractivity contribution in [3.8, 4) is 0 Å². The molecule has 472 valence electrons. The molecule has 0 aliphatic heterocycles. The van der Waals surface area contributed by atoms with Gasteiger partial charge in [-0.15, -0.1) is 0 Å². The van der Waals surface area contributed by atoms with Gasteiger partial charge in [-0.1, -0.05) is 296 Å². The van der Waals surface area contributed by atoms with E-state index in [1.54, 1.807) is 0 Å². The number of esters is 3. The molecule has 0 aromatic rings. The monoisotopic (exact) mass is 1150 g/mol. The first kappa shape index (κ1) is 78.5. The highest BCUT2D eigenvalue weighted by molar-refractivity contribution is 5.71. The minimum Gasteiger partial charge on any atom is -0.462 e. The third-order valence-electron chi connectivity index (χ3n) is 14.6. The summed E-state index contributed by atoms with van der Waals surface area (Å²) < 4.78 is 17.0. The van der Waals surface area contributed by atoms with Crippen molar-refractivity contribution >= 4 is 17.9 Å². The molecule has 0 aliphatic carbocycles. The topological polar surface area (TPSA) is 78.9 Å². The summed E-state index contributed by atoms with van der Waals surface area (Å²) in [6, 6.07) is 0. The zero-order chi connectivity index (χ0) is 59.9. The summed E-state index contributed by atoms with van der Waals surface area (Å²) >= 11 is 0. The second kappa shape index (κ2) is 70.0. The van der Waals surface area contributed by atoms with Crippen molar-refractivity contribution in [2.45, 2.75) is 322 Å². The Balaban J connectivity index is 4.43. The summed E-state index contributed by atoms with van der Waals surface area (Å²) in [7, 11) is 0. The molecule has 0 saturated heterocycles. The number of rotatable bonds is 62. The molecule has 0 saturated carbocycles. The molecule has 0 rings (SSSR count). The maximum atomic E-state index is 13.0. The van der Waals surface area contributed by atoms with E-state index >= 15 is 0 Å². The van der Waals surface area contributed by atoms with Gasteiger partial charge in [-0.3, -0.25) is 14.4 Å². The zero-order valence-electron chi connectivity index (χ0n) is 54.2. The van der Waals surface area contributed by atoms with E-state index in [0.717, 1.165) is 135 Å². The minimum atomic E-state index is -0.804. The van der Waals surface area contributed by atoms with Crippen LogP contribution < -0.4 is 0 Å². The maximum Gasteiger partial charge on any atom is 0.306 e. The lowest BCUT2D eigenvalue weighted by Crippen LogP contribution is -2.30. The van der Waals surface area contributed by atoms with Gasteiger partial charge in [0.2, 0.25) is 0 Å². The Morgan fingerprint density at radius 3 is 0.747 bits per heavy atom. The Hall–Kier alpha value is -4.45. The molecule has 0 heterocycles. The van der Waals surface area contributed by atoms with Crippen molar-refractivity contribution in [3.63, 3.8) is 0 Å². The van der Waals surface area contributed by atoms with Crippen LogP contribution in [-0.4, -0.2) is 37.2 Å². The largest absolute Gasteiger partial charge is 0.462 e. The van der Waals surface area contributed by atoms with Gasteiger partial charge in [-0.2, -0.15) is 0 Å². The molecule has 0 fully saturated rings. The second-order valence-electron chi connectivity index (χ2n) is 22.7. The van der Waals surface area contributed by atoms with E-state index < -0.39 is 6.10 Å². The highest BCUT2D eigenvalue weighted by Crippen LogP contribution is 2.16. The van der Waals surface area contributed by atoms with Crippen molar-refractivity contribution in [2.24, 2.45) is 0 Å². The van der Waals surface area contributed by atoms with Gasteiger partial charge >= 0.3 is 17.9 Å². The lowest BCUT2D eigenvalue weighted by Gasteiger charge is -2.18. The van der Waals surface area contributed by atoms with E-state index in [-0.39, 0.29) is 31.1 Å². The average molecular weight is 1150 g/mol. The van der Waals surface area contributed by atoms with Gasteiger partial charge in [-0.25, -0.2) is 0 Å². The molecule has 0 aromatic carbocycles. The Morgan fingerprint density at radius 2 is 0.470 bits per heavy atom. The van der Waals surface area contributed by atoms with Crippen LogP contribution in [-0.2, 0) is 28.6 Å². The summed E-state index contributed by atoms with van der Waals surface area (Å²) in [6.45, 7) is 6.39. The molecule has 0 radical (unpaired) electrons. The van der Waals surface area contributed by atoms with Crippen molar-refractivity contribution in [1.82, 2.24) is 0 Å². The highest BCUT2D eigenvalue weighted by atomic mass is 16.6. The van der Waals surface area contributed by atoms with Crippen molar-refractivity contribution < 1.29 is 28.6 Å². The Kier molecular flexibility index (Phi) is 66.3. The summed E-state index contributed by atoms with van der Waals surface area (Å²) in [6.07, 6.45) is 98.9. The second-order valence-corrected chi connectivity index (χ2v) is 22.7. The van der Waals surface area contributed by atoms with Crippen molar-refractivity contribution in [3.05, 3.63) is 134 Å². The van der Waals surface area contributed by atoms with Gasteiger partial charge in [0.15, 0.2) is 6.10 Å². The number of carbonyl (C=O) groups excluding carboxylic acids is 3. The first-order valence-corrected chi connectivity index (χ1v) is 34.7. The summed E-state index contributed by atoms with van der Waals surface area (Å²) in [4.78, 5) is 38.5. The number of hydrogen-bond acceptors (Lipinski definition) is 6. The van der Waals surface area contributed by atoms with E-state index in [2.05, 4.69) is 154 Å².